The van der Waals surface area contributed by atoms with Gasteiger partial charge < -0.3 is 35.5 Å². The number of aromatic amines is 1. The average molecular weight is 615 g/mol. The molecular formula is C34H38N4O7. The minimum absolute atomic E-state index is 0.0485. The summed E-state index contributed by atoms with van der Waals surface area (Å²) < 4.78 is 11.2. The van der Waals surface area contributed by atoms with Crippen molar-refractivity contribution in [3.63, 3.8) is 0 Å². The molecule has 0 unspecified atom stereocenters. The fourth-order valence-corrected chi connectivity index (χ4v) is 4.61. The van der Waals surface area contributed by atoms with E-state index in [1.165, 1.54) is 0 Å². The van der Waals surface area contributed by atoms with E-state index in [0.29, 0.717) is 12.4 Å². The molecule has 45 heavy (non-hydrogen) atoms. The first-order valence-electron chi connectivity index (χ1n) is 14.6. The van der Waals surface area contributed by atoms with Gasteiger partial charge in [0.05, 0.1) is 6.54 Å². The van der Waals surface area contributed by atoms with Gasteiger partial charge in [-0.2, -0.15) is 0 Å². The van der Waals surface area contributed by atoms with Crippen molar-refractivity contribution in [2.24, 2.45) is 0 Å². The van der Waals surface area contributed by atoms with Gasteiger partial charge in [0.25, 0.3) is 0 Å². The van der Waals surface area contributed by atoms with Gasteiger partial charge in [-0.15, -0.1) is 0 Å². The van der Waals surface area contributed by atoms with Crippen LogP contribution < -0.4 is 20.7 Å². The maximum absolute atomic E-state index is 13.2. The molecule has 4 rings (SSSR count). The second-order valence-electron chi connectivity index (χ2n) is 11.6. The van der Waals surface area contributed by atoms with E-state index in [2.05, 4.69) is 20.9 Å². The van der Waals surface area contributed by atoms with Gasteiger partial charge in [-0.1, -0.05) is 60.7 Å². The van der Waals surface area contributed by atoms with Crippen LogP contribution in [-0.4, -0.2) is 58.2 Å². The first-order chi connectivity index (χ1) is 21.5. The zero-order chi connectivity index (χ0) is 32.4. The quantitative estimate of drug-likeness (QED) is 0.152. The molecule has 0 fully saturated rings. The van der Waals surface area contributed by atoms with E-state index >= 15 is 0 Å². The molecule has 3 amide bonds. The summed E-state index contributed by atoms with van der Waals surface area (Å²) in [5, 5.41) is 18.2. The van der Waals surface area contributed by atoms with E-state index in [1.807, 2.05) is 54.6 Å². The van der Waals surface area contributed by atoms with Crippen LogP contribution in [0.15, 0.2) is 85.1 Å². The Morgan fingerprint density at radius 3 is 2.20 bits per heavy atom. The molecule has 11 nitrogen and oxygen atoms in total. The van der Waals surface area contributed by atoms with Crippen LogP contribution in [0.25, 0.3) is 10.9 Å². The molecule has 2 atom stereocenters. The molecule has 236 valence electrons. The number of nitrogens with one attached hydrogen (secondary N) is 4. The van der Waals surface area contributed by atoms with Gasteiger partial charge in [-0.05, 0) is 55.7 Å². The highest BCUT2D eigenvalue weighted by molar-refractivity contribution is 5.91. The zero-order valence-electron chi connectivity index (χ0n) is 25.5. The molecular weight excluding hydrogens is 576 g/mol. The Kier molecular flexibility index (Phi) is 10.8. The number of aliphatic carboxylic acids is 1. The molecule has 5 N–H and O–H groups in total. The Hall–Kier alpha value is -5.32. The topological polar surface area (TPSA) is 159 Å². The standard InChI is InChI=1S/C34H38N4O7/c1-34(2,3)45-33(43)38-28(17-22-13-15-25(16-14-22)44-21-23-9-5-4-6-10-23)31(40)36-20-30(39)37-29(32(41)42)18-24-19-35-27-12-8-7-11-26(24)27/h4-16,19,28-29,35H,17-18,20-21H2,1-3H3,(H,36,40)(H,37,39)(H,38,43)(H,41,42)/t28-,29+/m1/s1. The maximum Gasteiger partial charge on any atom is 0.408 e. The summed E-state index contributed by atoms with van der Waals surface area (Å²) in [6.07, 6.45) is 1.07. The summed E-state index contributed by atoms with van der Waals surface area (Å²) in [5.74, 6) is -1.89. The van der Waals surface area contributed by atoms with Gasteiger partial charge in [0, 0.05) is 29.9 Å². The van der Waals surface area contributed by atoms with Gasteiger partial charge in [0.15, 0.2) is 0 Å². The van der Waals surface area contributed by atoms with Crippen LogP contribution in [0.3, 0.4) is 0 Å². The maximum atomic E-state index is 13.2. The Labute approximate surface area is 261 Å². The molecule has 1 aromatic heterocycles. The molecule has 0 aliphatic carbocycles. The number of amides is 3. The number of fused-ring (bicyclic) bond motifs is 1. The third-order valence-corrected chi connectivity index (χ3v) is 6.77. The van der Waals surface area contributed by atoms with Crippen LogP contribution in [0.4, 0.5) is 4.79 Å². The van der Waals surface area contributed by atoms with Crippen molar-refractivity contribution in [3.8, 4) is 5.75 Å². The third-order valence-electron chi connectivity index (χ3n) is 6.77. The fourth-order valence-electron chi connectivity index (χ4n) is 4.61. The number of hydrogen-bond acceptors (Lipinski definition) is 6. The van der Waals surface area contributed by atoms with Gasteiger partial charge in [-0.3, -0.25) is 9.59 Å². The molecule has 0 aliphatic heterocycles. The predicted octanol–water partition coefficient (Wildman–Crippen LogP) is 4.11. The largest absolute Gasteiger partial charge is 0.489 e. The van der Waals surface area contributed by atoms with E-state index in [1.54, 1.807) is 51.2 Å². The van der Waals surface area contributed by atoms with Crippen molar-refractivity contribution >= 4 is 34.8 Å². The van der Waals surface area contributed by atoms with E-state index < -0.39 is 48.1 Å². The number of alkyl carbamates (subject to hydrolysis) is 1. The number of ether oxygens (including phenoxy) is 2. The number of carboxylic acid groups (broad SMARTS) is 1. The number of carboxylic acids is 1. The van der Waals surface area contributed by atoms with Gasteiger partial charge in [-0.25, -0.2) is 9.59 Å². The molecule has 0 saturated carbocycles. The molecule has 0 aliphatic rings. The predicted molar refractivity (Wildman–Crippen MR) is 169 cm³/mol. The molecule has 0 spiro atoms. The third kappa shape index (κ3) is 10.1. The van der Waals surface area contributed by atoms with Crippen molar-refractivity contribution in [2.45, 2.75) is 57.9 Å². The van der Waals surface area contributed by atoms with Gasteiger partial charge in [0.2, 0.25) is 11.8 Å². The first-order valence-corrected chi connectivity index (χ1v) is 14.6. The van der Waals surface area contributed by atoms with Crippen molar-refractivity contribution in [1.82, 2.24) is 20.9 Å². The van der Waals surface area contributed by atoms with Crippen LogP contribution in [0.1, 0.15) is 37.5 Å². The number of rotatable bonds is 13. The van der Waals surface area contributed by atoms with E-state index in [9.17, 15) is 24.3 Å². The smallest absolute Gasteiger partial charge is 0.408 e. The second kappa shape index (κ2) is 14.9. The Morgan fingerprint density at radius 1 is 0.822 bits per heavy atom. The summed E-state index contributed by atoms with van der Waals surface area (Å²) in [5.41, 5.74) is 2.55. The lowest BCUT2D eigenvalue weighted by Crippen LogP contribution is -2.52. The average Bonchev–Trinajstić information content (AvgIpc) is 3.41. The lowest BCUT2D eigenvalue weighted by molar-refractivity contribution is -0.141. The van der Waals surface area contributed by atoms with Crippen molar-refractivity contribution in [3.05, 3.63) is 102 Å². The normalized spacial score (nSPS) is 12.5. The molecule has 11 heteroatoms. The van der Waals surface area contributed by atoms with Crippen molar-refractivity contribution in [1.29, 1.82) is 0 Å². The van der Waals surface area contributed by atoms with E-state index in [4.69, 9.17) is 9.47 Å². The van der Waals surface area contributed by atoms with Gasteiger partial charge >= 0.3 is 12.1 Å². The number of carbonyl (C=O) groups excluding carboxylic acids is 3. The lowest BCUT2D eigenvalue weighted by atomic mass is 10.0. The minimum Gasteiger partial charge on any atom is -0.489 e. The SMILES string of the molecule is CC(C)(C)OC(=O)N[C@H](Cc1ccc(OCc2ccccc2)cc1)C(=O)NCC(=O)N[C@@H](Cc1c[nH]c2ccccc12)C(=O)O. The van der Waals surface area contributed by atoms with Gasteiger partial charge in [0.1, 0.15) is 30.0 Å². The number of benzene rings is 3. The summed E-state index contributed by atoms with van der Waals surface area (Å²) in [7, 11) is 0. The van der Waals surface area contributed by atoms with Crippen molar-refractivity contribution < 1.29 is 33.8 Å². The monoisotopic (exact) mass is 614 g/mol. The highest BCUT2D eigenvalue weighted by atomic mass is 16.6. The Morgan fingerprint density at radius 2 is 1.51 bits per heavy atom. The number of carbonyl (C=O) groups is 4. The number of H-pyrrole nitrogens is 1. The Bertz CT molecular complexity index is 1610. The van der Waals surface area contributed by atoms with Crippen LogP contribution in [0.2, 0.25) is 0 Å². The van der Waals surface area contributed by atoms with Crippen LogP contribution in [-0.2, 0) is 38.6 Å². The second-order valence-corrected chi connectivity index (χ2v) is 11.6. The van der Waals surface area contributed by atoms with Crippen molar-refractivity contribution in [2.75, 3.05) is 6.54 Å². The summed E-state index contributed by atoms with van der Waals surface area (Å²) in [6, 6.07) is 22.0. The van der Waals surface area contributed by atoms with Crippen LogP contribution in [0.5, 0.6) is 5.75 Å². The lowest BCUT2D eigenvalue weighted by Gasteiger charge is -2.23. The number of hydrogen-bond donors (Lipinski definition) is 5. The summed E-state index contributed by atoms with van der Waals surface area (Å²) >= 11 is 0. The van der Waals surface area contributed by atoms with Crippen LogP contribution in [0, 0.1) is 0 Å². The highest BCUT2D eigenvalue weighted by Crippen LogP contribution is 2.19. The molecule has 4 aromatic rings. The Balaban J connectivity index is 1.36. The minimum atomic E-state index is -1.22. The van der Waals surface area contributed by atoms with E-state index in [-0.39, 0.29) is 12.8 Å². The molecule has 1 heterocycles. The van der Waals surface area contributed by atoms with E-state index in [0.717, 1.165) is 27.6 Å². The number of para-hydroxylation sites is 1. The molecule has 0 radical (unpaired) electrons. The first kappa shape index (κ1) is 32.6. The highest BCUT2D eigenvalue weighted by Gasteiger charge is 2.26. The molecule has 3 aromatic carbocycles. The number of aromatic nitrogens is 1. The fraction of sp³-hybridized carbons (Fsp3) is 0.294. The molecule has 0 bridgehead atoms. The molecule has 0 saturated heterocycles. The van der Waals surface area contributed by atoms with Crippen LogP contribution >= 0.6 is 0 Å². The zero-order valence-corrected chi connectivity index (χ0v) is 25.5. The summed E-state index contributed by atoms with van der Waals surface area (Å²) in [4.78, 5) is 53.5. The summed E-state index contributed by atoms with van der Waals surface area (Å²) in [6.45, 7) is 5.02.